The smallest absolute Gasteiger partial charge is 0.251 e. The molecule has 1 amide bonds. The van der Waals surface area contributed by atoms with Gasteiger partial charge in [0.05, 0.1) is 6.04 Å². The van der Waals surface area contributed by atoms with Gasteiger partial charge in [-0.3, -0.25) is 10.2 Å². The van der Waals surface area contributed by atoms with Crippen LogP contribution in [0, 0.1) is 19.3 Å². The Morgan fingerprint density at radius 2 is 1.76 bits per heavy atom. The minimum absolute atomic E-state index is 0.0210. The number of aromatic nitrogens is 1. The van der Waals surface area contributed by atoms with Crippen LogP contribution in [0.1, 0.15) is 51.3 Å². The Labute approximate surface area is 247 Å². The van der Waals surface area contributed by atoms with Crippen LogP contribution in [-0.4, -0.2) is 16.3 Å². The molecule has 0 aliphatic rings. The average molecular weight is 608 g/mol. The first-order valence-electron chi connectivity index (χ1n) is 13.3. The number of hydrogen-bond acceptors (Lipinski definition) is 3. The van der Waals surface area contributed by atoms with E-state index in [1.54, 1.807) is 0 Å². The summed E-state index contributed by atoms with van der Waals surface area (Å²) in [5, 5.41) is 19.3. The van der Waals surface area contributed by atoms with Crippen LogP contribution in [0.3, 0.4) is 0 Å². The molecule has 0 fully saturated rings. The fourth-order valence-corrected chi connectivity index (χ4v) is 5.58. The molecule has 4 N–H and O–H groups in total. The standard InChI is InChI=1S/C33H31BrN6O/c1-20-22(3)40(19-23-11-13-24(14-12-23)28-9-4-5-10-29(28)32(35)38-39-36)31-16-15-26(18-30(20)31)33(41)37-21(2)25-7-6-8-27(34)17-25/h4-18,21H,19H2,1-3H3,(H,37,41)(H3,35,36,38). The highest BCUT2D eigenvalue weighted by Gasteiger charge is 2.17. The second kappa shape index (κ2) is 11.9. The van der Waals surface area contributed by atoms with Gasteiger partial charge >= 0.3 is 0 Å². The number of halogens is 1. The maximum atomic E-state index is 13.1. The van der Waals surface area contributed by atoms with Crippen molar-refractivity contribution in [2.45, 2.75) is 33.4 Å². The Morgan fingerprint density at radius 1 is 1.00 bits per heavy atom. The van der Waals surface area contributed by atoms with Crippen LogP contribution in [0.25, 0.3) is 22.0 Å². The van der Waals surface area contributed by atoms with Crippen LogP contribution >= 0.6 is 15.9 Å². The average Bonchev–Trinajstić information content (AvgIpc) is 3.21. The number of benzene rings is 4. The van der Waals surface area contributed by atoms with Crippen LogP contribution in [0.5, 0.6) is 0 Å². The summed E-state index contributed by atoms with van der Waals surface area (Å²) in [7, 11) is 0. The molecular weight excluding hydrogens is 576 g/mol. The molecular formula is C33H31BrN6O. The number of nitrogens with one attached hydrogen (secondary N) is 2. The summed E-state index contributed by atoms with van der Waals surface area (Å²) in [4.78, 5) is 13.1. The van der Waals surface area contributed by atoms with E-state index in [0.717, 1.165) is 48.9 Å². The number of aryl methyl sites for hydroxylation is 1. The second-order valence-electron chi connectivity index (χ2n) is 10.1. The predicted molar refractivity (Wildman–Crippen MR) is 168 cm³/mol. The molecule has 0 aliphatic carbocycles. The van der Waals surface area contributed by atoms with Crippen molar-refractivity contribution in [1.29, 1.82) is 5.41 Å². The molecule has 0 bridgehead atoms. The molecule has 4 aromatic carbocycles. The van der Waals surface area contributed by atoms with Crippen molar-refractivity contribution >= 4 is 38.6 Å². The fourth-order valence-electron chi connectivity index (χ4n) is 5.16. The molecule has 0 saturated carbocycles. The van der Waals surface area contributed by atoms with Gasteiger partial charge in [0.25, 0.3) is 5.91 Å². The molecule has 5 rings (SSSR count). The number of amides is 1. The maximum absolute atomic E-state index is 13.1. The van der Waals surface area contributed by atoms with E-state index in [1.807, 2.05) is 73.7 Å². The first-order valence-corrected chi connectivity index (χ1v) is 14.1. The van der Waals surface area contributed by atoms with E-state index in [-0.39, 0.29) is 17.8 Å². The van der Waals surface area contributed by atoms with Crippen molar-refractivity contribution in [2.75, 3.05) is 0 Å². The minimum Gasteiger partial charge on any atom is -0.346 e. The normalized spacial score (nSPS) is 12.1. The number of rotatable bonds is 7. The van der Waals surface area contributed by atoms with Gasteiger partial charge in [0.15, 0.2) is 5.84 Å². The van der Waals surface area contributed by atoms with Gasteiger partial charge in [-0.15, -0.1) is 5.11 Å². The summed E-state index contributed by atoms with van der Waals surface area (Å²) in [5.74, 6) is 5.09. The van der Waals surface area contributed by atoms with Crippen molar-refractivity contribution in [3.05, 3.63) is 129 Å². The van der Waals surface area contributed by atoms with Gasteiger partial charge in [0.2, 0.25) is 0 Å². The Morgan fingerprint density at radius 3 is 2.49 bits per heavy atom. The number of nitrogens with two attached hydrogens (primary N) is 1. The number of fused-ring (bicyclic) bond motifs is 1. The zero-order chi connectivity index (χ0) is 29.1. The van der Waals surface area contributed by atoms with Gasteiger partial charge < -0.3 is 15.7 Å². The number of carbonyl (C=O) groups is 1. The lowest BCUT2D eigenvalue weighted by atomic mass is 9.98. The van der Waals surface area contributed by atoms with Crippen LogP contribution in [0.15, 0.2) is 106 Å². The number of carbonyl (C=O) groups excluding carboxylic acids is 1. The Kier molecular flexibility index (Phi) is 8.12. The van der Waals surface area contributed by atoms with E-state index in [4.69, 9.17) is 11.3 Å². The summed E-state index contributed by atoms with van der Waals surface area (Å²) in [6.45, 7) is 6.91. The van der Waals surface area contributed by atoms with E-state index >= 15 is 0 Å². The van der Waals surface area contributed by atoms with Crippen LogP contribution < -0.4 is 11.2 Å². The highest BCUT2D eigenvalue weighted by Crippen LogP contribution is 2.29. The fraction of sp³-hybridized carbons (Fsp3) is 0.152. The van der Waals surface area contributed by atoms with Crippen molar-refractivity contribution in [1.82, 2.24) is 9.88 Å². The second-order valence-corrected chi connectivity index (χ2v) is 11.0. The van der Waals surface area contributed by atoms with Gasteiger partial charge in [-0.1, -0.05) is 81.8 Å². The molecule has 0 aliphatic heterocycles. The summed E-state index contributed by atoms with van der Waals surface area (Å²) < 4.78 is 3.27. The molecule has 1 heterocycles. The number of nitrogens with zero attached hydrogens (tertiary/aromatic N) is 3. The minimum atomic E-state index is -0.117. The first kappa shape index (κ1) is 28.0. The Bertz CT molecular complexity index is 1790. The summed E-state index contributed by atoms with van der Waals surface area (Å²) in [6, 6.07) is 29.7. The van der Waals surface area contributed by atoms with E-state index < -0.39 is 0 Å². The van der Waals surface area contributed by atoms with E-state index in [9.17, 15) is 4.79 Å². The Hall–Kier alpha value is -4.56. The summed E-state index contributed by atoms with van der Waals surface area (Å²) >= 11 is 3.50. The summed E-state index contributed by atoms with van der Waals surface area (Å²) in [5.41, 5.74) is 8.79. The van der Waals surface area contributed by atoms with Crippen molar-refractivity contribution < 1.29 is 4.79 Å². The molecule has 1 aromatic heterocycles. The quantitative estimate of drug-likeness (QED) is 0.0575. The molecule has 206 valence electrons. The molecule has 7 nitrogen and oxygen atoms in total. The lowest BCUT2D eigenvalue weighted by Gasteiger charge is -2.15. The SMILES string of the molecule is Cc1c(C)n(Cc2ccc(-c3ccccc3C(=N)N=NN)cc2)c2ccc(C(=O)NC(C)c3cccc(Br)c3)cc12. The Balaban J connectivity index is 1.38. The van der Waals surface area contributed by atoms with Gasteiger partial charge in [0.1, 0.15) is 0 Å². The van der Waals surface area contributed by atoms with Crippen molar-refractivity contribution in [3.8, 4) is 11.1 Å². The van der Waals surface area contributed by atoms with Gasteiger partial charge in [-0.05, 0) is 78.9 Å². The topological polar surface area (TPSA) is 109 Å². The summed E-state index contributed by atoms with van der Waals surface area (Å²) in [6.07, 6.45) is 0. The molecule has 1 unspecified atom stereocenters. The van der Waals surface area contributed by atoms with Crippen LogP contribution in [0.2, 0.25) is 0 Å². The molecule has 5 aromatic rings. The molecule has 0 radical (unpaired) electrons. The highest BCUT2D eigenvalue weighted by atomic mass is 79.9. The lowest BCUT2D eigenvalue weighted by Crippen LogP contribution is -2.26. The van der Waals surface area contributed by atoms with Crippen LogP contribution in [-0.2, 0) is 6.54 Å². The third-order valence-electron chi connectivity index (χ3n) is 7.54. The predicted octanol–water partition coefficient (Wildman–Crippen LogP) is 7.88. The highest BCUT2D eigenvalue weighted by molar-refractivity contribution is 9.10. The monoisotopic (exact) mass is 606 g/mol. The van der Waals surface area contributed by atoms with Gasteiger partial charge in [0, 0.05) is 38.7 Å². The maximum Gasteiger partial charge on any atom is 0.251 e. The van der Waals surface area contributed by atoms with Gasteiger partial charge in [-0.2, -0.15) is 0 Å². The zero-order valence-corrected chi connectivity index (χ0v) is 24.7. The number of hydrogen-bond donors (Lipinski definition) is 3. The molecule has 8 heteroatoms. The largest absolute Gasteiger partial charge is 0.346 e. The lowest BCUT2D eigenvalue weighted by molar-refractivity contribution is 0.0940. The van der Waals surface area contributed by atoms with E-state index in [2.05, 4.69) is 74.3 Å². The van der Waals surface area contributed by atoms with Crippen molar-refractivity contribution in [3.63, 3.8) is 0 Å². The third-order valence-corrected chi connectivity index (χ3v) is 8.04. The van der Waals surface area contributed by atoms with E-state index in [0.29, 0.717) is 17.7 Å². The third kappa shape index (κ3) is 5.83. The zero-order valence-electron chi connectivity index (χ0n) is 23.1. The first-order chi connectivity index (χ1) is 19.8. The molecule has 0 spiro atoms. The van der Waals surface area contributed by atoms with Crippen LogP contribution in [0.4, 0.5) is 0 Å². The molecule has 41 heavy (non-hydrogen) atoms. The van der Waals surface area contributed by atoms with Crippen molar-refractivity contribution in [2.24, 2.45) is 16.2 Å². The van der Waals surface area contributed by atoms with E-state index in [1.165, 1.54) is 0 Å². The van der Waals surface area contributed by atoms with Gasteiger partial charge in [-0.25, -0.2) is 0 Å². The molecule has 0 saturated heterocycles. The number of amidine groups is 1. The molecule has 1 atom stereocenters.